The molecule has 2 rings (SSSR count). The summed E-state index contributed by atoms with van der Waals surface area (Å²) in [7, 11) is 0. The van der Waals surface area contributed by atoms with Crippen LogP contribution in [0, 0.1) is 6.92 Å². The van der Waals surface area contributed by atoms with Gasteiger partial charge in [-0.1, -0.05) is 29.8 Å². The van der Waals surface area contributed by atoms with Gasteiger partial charge >= 0.3 is 0 Å². The zero-order valence-electron chi connectivity index (χ0n) is 10.3. The van der Waals surface area contributed by atoms with Crippen molar-refractivity contribution in [1.29, 1.82) is 0 Å². The van der Waals surface area contributed by atoms with E-state index in [0.717, 1.165) is 23.7 Å². The maximum atomic E-state index is 9.19. The molecule has 0 aliphatic carbocycles. The minimum absolute atomic E-state index is 0.298. The summed E-state index contributed by atoms with van der Waals surface area (Å²) >= 11 is 5.92. The van der Waals surface area contributed by atoms with Gasteiger partial charge in [-0.3, -0.25) is 0 Å². The lowest BCUT2D eigenvalue weighted by molar-refractivity contribution is 0.475. The van der Waals surface area contributed by atoms with Gasteiger partial charge in [-0.25, -0.2) is 0 Å². The molecule has 0 atom stereocenters. The number of nitrogens with one attached hydrogen (secondary N) is 1. The summed E-state index contributed by atoms with van der Waals surface area (Å²) in [6.07, 6.45) is 0. The van der Waals surface area contributed by atoms with Crippen molar-refractivity contribution in [3.63, 3.8) is 0 Å². The Hall–Kier alpha value is -1.51. The molecule has 0 unspecified atom stereocenters. The van der Waals surface area contributed by atoms with Crippen LogP contribution in [0.4, 0.5) is 0 Å². The highest BCUT2D eigenvalue weighted by Gasteiger charge is 1.99. The topological polar surface area (TPSA) is 32.3 Å². The summed E-state index contributed by atoms with van der Waals surface area (Å²) in [5.41, 5.74) is 3.60. The molecule has 0 aliphatic heterocycles. The molecule has 0 fully saturated rings. The van der Waals surface area contributed by atoms with E-state index in [0.29, 0.717) is 5.75 Å². The second-order valence-corrected chi connectivity index (χ2v) is 4.78. The largest absolute Gasteiger partial charge is 0.508 e. The van der Waals surface area contributed by atoms with E-state index in [1.54, 1.807) is 12.1 Å². The summed E-state index contributed by atoms with van der Waals surface area (Å²) < 4.78 is 0. The smallest absolute Gasteiger partial charge is 0.115 e. The van der Waals surface area contributed by atoms with E-state index in [4.69, 9.17) is 11.6 Å². The fourth-order valence-corrected chi connectivity index (χ4v) is 2.04. The van der Waals surface area contributed by atoms with E-state index in [9.17, 15) is 5.11 Å². The fourth-order valence-electron chi connectivity index (χ4n) is 1.81. The van der Waals surface area contributed by atoms with Crippen LogP contribution in [0.1, 0.15) is 16.7 Å². The van der Waals surface area contributed by atoms with Crippen LogP contribution in [-0.4, -0.2) is 5.11 Å². The first-order valence-electron chi connectivity index (χ1n) is 5.89. The second-order valence-electron chi connectivity index (χ2n) is 4.34. The molecule has 18 heavy (non-hydrogen) atoms. The van der Waals surface area contributed by atoms with Crippen molar-refractivity contribution in [2.45, 2.75) is 20.0 Å². The molecule has 0 aromatic heterocycles. The lowest BCUT2D eigenvalue weighted by Gasteiger charge is -2.08. The number of benzene rings is 2. The van der Waals surface area contributed by atoms with Crippen molar-refractivity contribution in [3.8, 4) is 5.75 Å². The predicted octanol–water partition coefficient (Wildman–Crippen LogP) is 3.64. The van der Waals surface area contributed by atoms with Crippen molar-refractivity contribution in [2.24, 2.45) is 0 Å². The molecule has 2 aromatic rings. The van der Waals surface area contributed by atoms with Gasteiger partial charge in [0, 0.05) is 18.1 Å². The summed E-state index contributed by atoms with van der Waals surface area (Å²) in [6.45, 7) is 3.65. The van der Waals surface area contributed by atoms with Crippen molar-refractivity contribution < 1.29 is 5.11 Å². The number of phenols is 1. The average Bonchev–Trinajstić information content (AvgIpc) is 2.34. The molecule has 0 heterocycles. The van der Waals surface area contributed by atoms with Crippen molar-refractivity contribution in [2.75, 3.05) is 0 Å². The third-order valence-electron chi connectivity index (χ3n) is 2.89. The highest BCUT2D eigenvalue weighted by atomic mass is 35.5. The fraction of sp³-hybridized carbons (Fsp3) is 0.200. The number of hydrogen-bond donors (Lipinski definition) is 2. The Labute approximate surface area is 112 Å². The highest BCUT2D eigenvalue weighted by molar-refractivity contribution is 6.30. The maximum absolute atomic E-state index is 9.19. The molecule has 2 aromatic carbocycles. The predicted molar refractivity (Wildman–Crippen MR) is 74.8 cm³/mol. The normalized spacial score (nSPS) is 10.6. The number of hydrogen-bond acceptors (Lipinski definition) is 2. The molecule has 0 saturated carbocycles. The van der Waals surface area contributed by atoms with Gasteiger partial charge in [0.25, 0.3) is 0 Å². The van der Waals surface area contributed by atoms with E-state index in [1.807, 2.05) is 30.3 Å². The van der Waals surface area contributed by atoms with Crippen LogP contribution >= 0.6 is 11.6 Å². The Morgan fingerprint density at radius 1 is 1.06 bits per heavy atom. The first kappa shape index (κ1) is 12.9. The van der Waals surface area contributed by atoms with Crippen LogP contribution in [-0.2, 0) is 13.1 Å². The van der Waals surface area contributed by atoms with E-state index in [2.05, 4.69) is 12.2 Å². The van der Waals surface area contributed by atoms with Crippen LogP contribution in [0.3, 0.4) is 0 Å². The molecule has 2 N–H and O–H groups in total. The molecule has 0 saturated heterocycles. The Morgan fingerprint density at radius 2 is 1.78 bits per heavy atom. The van der Waals surface area contributed by atoms with Crippen molar-refractivity contribution in [1.82, 2.24) is 5.32 Å². The van der Waals surface area contributed by atoms with Gasteiger partial charge in [0.2, 0.25) is 0 Å². The van der Waals surface area contributed by atoms with Gasteiger partial charge in [0.15, 0.2) is 0 Å². The van der Waals surface area contributed by atoms with Crippen molar-refractivity contribution >= 4 is 11.6 Å². The lowest BCUT2D eigenvalue weighted by atomic mass is 10.1. The van der Waals surface area contributed by atoms with E-state index >= 15 is 0 Å². The minimum Gasteiger partial charge on any atom is -0.508 e. The number of aryl methyl sites for hydroxylation is 1. The molecule has 2 nitrogen and oxygen atoms in total. The van der Waals surface area contributed by atoms with Gasteiger partial charge in [0.1, 0.15) is 5.75 Å². The summed E-state index contributed by atoms with van der Waals surface area (Å²) in [5.74, 6) is 0.298. The Bertz CT molecular complexity index is 523. The molecule has 0 spiro atoms. The first-order valence-corrected chi connectivity index (χ1v) is 6.26. The first-order chi connectivity index (χ1) is 8.65. The van der Waals surface area contributed by atoms with Gasteiger partial charge < -0.3 is 10.4 Å². The van der Waals surface area contributed by atoms with E-state index in [1.165, 1.54) is 11.1 Å². The lowest BCUT2D eigenvalue weighted by Crippen LogP contribution is -2.13. The van der Waals surface area contributed by atoms with Crippen LogP contribution < -0.4 is 5.32 Å². The van der Waals surface area contributed by atoms with Crippen molar-refractivity contribution in [3.05, 3.63) is 64.2 Å². The number of rotatable bonds is 4. The van der Waals surface area contributed by atoms with Gasteiger partial charge in [-0.05, 0) is 47.9 Å². The van der Waals surface area contributed by atoms with Crippen LogP contribution in [0.2, 0.25) is 5.02 Å². The molecule has 0 bridgehead atoms. The zero-order chi connectivity index (χ0) is 13.0. The number of aromatic hydroxyl groups is 1. The minimum atomic E-state index is 0.298. The quantitative estimate of drug-likeness (QED) is 0.881. The molecule has 0 aliphatic rings. The number of phenolic OH excluding ortho intramolecular Hbond substituents is 1. The summed E-state index contributed by atoms with van der Waals surface area (Å²) in [6, 6.07) is 13.1. The third-order valence-corrected chi connectivity index (χ3v) is 3.12. The monoisotopic (exact) mass is 261 g/mol. The van der Waals surface area contributed by atoms with Gasteiger partial charge in [-0.15, -0.1) is 0 Å². The Kier molecular flexibility index (Phi) is 4.24. The standard InChI is InChI=1S/C15H16ClNO/c1-11-8-14(16)5-4-13(11)10-17-9-12-2-6-15(18)7-3-12/h2-8,17-18H,9-10H2,1H3. The second kappa shape index (κ2) is 5.89. The Morgan fingerprint density at radius 3 is 2.44 bits per heavy atom. The Balaban J connectivity index is 1.90. The molecule has 0 amide bonds. The van der Waals surface area contributed by atoms with E-state index in [-0.39, 0.29) is 0 Å². The van der Waals surface area contributed by atoms with Gasteiger partial charge in [0.05, 0.1) is 0 Å². The number of halogens is 1. The van der Waals surface area contributed by atoms with Crippen LogP contribution in [0.15, 0.2) is 42.5 Å². The van der Waals surface area contributed by atoms with Crippen LogP contribution in [0.5, 0.6) is 5.75 Å². The zero-order valence-corrected chi connectivity index (χ0v) is 11.0. The molecular weight excluding hydrogens is 246 g/mol. The maximum Gasteiger partial charge on any atom is 0.115 e. The van der Waals surface area contributed by atoms with Gasteiger partial charge in [-0.2, -0.15) is 0 Å². The summed E-state index contributed by atoms with van der Waals surface area (Å²) in [4.78, 5) is 0. The molecule has 94 valence electrons. The molecule has 0 radical (unpaired) electrons. The highest BCUT2D eigenvalue weighted by Crippen LogP contribution is 2.15. The summed E-state index contributed by atoms with van der Waals surface area (Å²) in [5, 5.41) is 13.3. The third kappa shape index (κ3) is 3.49. The van der Waals surface area contributed by atoms with Crippen LogP contribution in [0.25, 0.3) is 0 Å². The SMILES string of the molecule is Cc1cc(Cl)ccc1CNCc1ccc(O)cc1. The average molecular weight is 262 g/mol. The molecule has 3 heteroatoms. The van der Waals surface area contributed by atoms with E-state index < -0.39 is 0 Å². The molecular formula is C15H16ClNO.